The Labute approximate surface area is 137 Å². The smallest absolute Gasteiger partial charge is 0.145 e. The van der Waals surface area contributed by atoms with E-state index in [4.69, 9.17) is 9.97 Å². The van der Waals surface area contributed by atoms with Crippen LogP contribution in [0, 0.1) is 10.5 Å². The van der Waals surface area contributed by atoms with E-state index >= 15 is 0 Å². The minimum absolute atomic E-state index is 0.427. The number of aryl methyl sites for hydroxylation is 1. The molecule has 106 valence electrons. The summed E-state index contributed by atoms with van der Waals surface area (Å²) in [7, 11) is 0. The maximum atomic E-state index is 4.78. The van der Waals surface area contributed by atoms with Crippen LogP contribution in [0.1, 0.15) is 37.0 Å². The van der Waals surface area contributed by atoms with Crippen LogP contribution in [0.25, 0.3) is 0 Å². The number of thioether (sulfide) groups is 2. The molecule has 19 heavy (non-hydrogen) atoms. The van der Waals surface area contributed by atoms with Crippen molar-refractivity contribution in [2.75, 3.05) is 23.4 Å². The normalized spacial score (nSPS) is 23.4. The zero-order valence-electron chi connectivity index (χ0n) is 11.6. The molecule has 2 atom stereocenters. The summed E-state index contributed by atoms with van der Waals surface area (Å²) in [5, 5.41) is 4.45. The van der Waals surface area contributed by atoms with E-state index in [0.717, 1.165) is 33.9 Å². The van der Waals surface area contributed by atoms with Crippen LogP contribution in [0.4, 0.5) is 5.82 Å². The molecule has 0 amide bonds. The van der Waals surface area contributed by atoms with Gasteiger partial charge >= 0.3 is 0 Å². The van der Waals surface area contributed by atoms with Gasteiger partial charge in [-0.05, 0) is 35.9 Å². The number of nitrogens with one attached hydrogen (secondary N) is 1. The molecule has 1 aliphatic rings. The van der Waals surface area contributed by atoms with Gasteiger partial charge in [0.2, 0.25) is 0 Å². The Hall–Kier alpha value is 0.310. The van der Waals surface area contributed by atoms with Gasteiger partial charge in [-0.3, -0.25) is 0 Å². The zero-order chi connectivity index (χ0) is 13.8. The number of rotatable bonds is 4. The number of nitrogens with zero attached hydrogens (tertiary/aromatic N) is 2. The van der Waals surface area contributed by atoms with E-state index in [1.54, 1.807) is 0 Å². The van der Waals surface area contributed by atoms with Crippen molar-refractivity contribution in [2.45, 2.75) is 37.7 Å². The maximum Gasteiger partial charge on any atom is 0.145 e. The molecule has 1 aromatic heterocycles. The molecular weight excluding hydrogens is 389 g/mol. The van der Waals surface area contributed by atoms with E-state index in [1.165, 1.54) is 11.5 Å². The molecule has 2 rings (SSSR count). The summed E-state index contributed by atoms with van der Waals surface area (Å²) in [6.45, 7) is 7.51. The van der Waals surface area contributed by atoms with Crippen LogP contribution in [-0.4, -0.2) is 33.3 Å². The van der Waals surface area contributed by atoms with E-state index < -0.39 is 0 Å². The lowest BCUT2D eigenvalue weighted by molar-refractivity contribution is 0.809. The van der Waals surface area contributed by atoms with Crippen LogP contribution in [0.3, 0.4) is 0 Å². The van der Waals surface area contributed by atoms with Gasteiger partial charge in [0, 0.05) is 23.3 Å². The predicted molar refractivity (Wildman–Crippen MR) is 95.4 cm³/mol. The van der Waals surface area contributed by atoms with E-state index in [1.807, 2.05) is 23.5 Å². The Morgan fingerprint density at radius 2 is 2.05 bits per heavy atom. The third kappa shape index (κ3) is 3.91. The fourth-order valence-electron chi connectivity index (χ4n) is 1.99. The quantitative estimate of drug-likeness (QED) is 0.758. The standard InChI is InChI=1S/C13H20IN3S2/c1-4-5-15-12-10(14)8(2)16-13(17-12)11-9(3)18-6-7-19-11/h9,11H,4-7H2,1-3H3,(H,15,16,17). The molecule has 1 aromatic rings. The van der Waals surface area contributed by atoms with E-state index in [9.17, 15) is 0 Å². The Bertz CT molecular complexity index is 442. The van der Waals surface area contributed by atoms with E-state index in [0.29, 0.717) is 10.5 Å². The second-order valence-electron chi connectivity index (χ2n) is 4.62. The summed E-state index contributed by atoms with van der Waals surface area (Å²) < 4.78 is 1.15. The van der Waals surface area contributed by atoms with Gasteiger partial charge in [-0.1, -0.05) is 13.8 Å². The lowest BCUT2D eigenvalue weighted by atomic mass is 10.3. The first-order valence-corrected chi connectivity index (χ1v) is 9.82. The molecule has 0 aliphatic carbocycles. The summed E-state index contributed by atoms with van der Waals surface area (Å²) >= 11 is 6.36. The zero-order valence-corrected chi connectivity index (χ0v) is 15.4. The van der Waals surface area contributed by atoms with Crippen molar-refractivity contribution in [3.63, 3.8) is 0 Å². The molecule has 1 N–H and O–H groups in total. The monoisotopic (exact) mass is 409 g/mol. The second kappa shape index (κ2) is 7.36. The third-order valence-electron chi connectivity index (χ3n) is 3.02. The highest BCUT2D eigenvalue weighted by Crippen LogP contribution is 2.41. The third-order valence-corrected chi connectivity index (χ3v) is 7.40. The van der Waals surface area contributed by atoms with Crippen molar-refractivity contribution in [3.05, 3.63) is 15.1 Å². The predicted octanol–water partition coefficient (Wildman–Crippen LogP) is 4.12. The highest BCUT2D eigenvalue weighted by molar-refractivity contribution is 14.1. The van der Waals surface area contributed by atoms with Crippen LogP contribution in [0.2, 0.25) is 0 Å². The Morgan fingerprint density at radius 3 is 2.74 bits per heavy atom. The SMILES string of the molecule is CCCNc1nc(C2SCCSC2C)nc(C)c1I. The largest absolute Gasteiger partial charge is 0.369 e. The van der Waals surface area contributed by atoms with Gasteiger partial charge in [0.05, 0.1) is 14.5 Å². The van der Waals surface area contributed by atoms with Crippen molar-refractivity contribution in [2.24, 2.45) is 0 Å². The summed E-state index contributed by atoms with van der Waals surface area (Å²) in [4.78, 5) is 9.50. The van der Waals surface area contributed by atoms with Gasteiger partial charge in [0.1, 0.15) is 11.6 Å². The number of aromatic nitrogens is 2. The second-order valence-corrected chi connectivity index (χ2v) is 8.44. The minimum atomic E-state index is 0.427. The van der Waals surface area contributed by atoms with Gasteiger partial charge in [-0.2, -0.15) is 11.8 Å². The fourth-order valence-corrected chi connectivity index (χ4v) is 5.11. The van der Waals surface area contributed by atoms with Gasteiger partial charge in [-0.15, -0.1) is 11.8 Å². The fraction of sp³-hybridized carbons (Fsp3) is 0.692. The van der Waals surface area contributed by atoms with Crippen molar-refractivity contribution in [1.82, 2.24) is 9.97 Å². The highest BCUT2D eigenvalue weighted by atomic mass is 127. The number of anilines is 1. The first-order chi connectivity index (χ1) is 9.13. The van der Waals surface area contributed by atoms with Crippen molar-refractivity contribution < 1.29 is 0 Å². The van der Waals surface area contributed by atoms with Gasteiger partial charge in [-0.25, -0.2) is 9.97 Å². The molecule has 0 saturated carbocycles. The minimum Gasteiger partial charge on any atom is -0.369 e. The van der Waals surface area contributed by atoms with Gasteiger partial charge < -0.3 is 5.32 Å². The lowest BCUT2D eigenvalue weighted by Crippen LogP contribution is -2.20. The van der Waals surface area contributed by atoms with Gasteiger partial charge in [0.25, 0.3) is 0 Å². The number of halogens is 1. The molecule has 1 saturated heterocycles. The molecule has 1 fully saturated rings. The average molecular weight is 409 g/mol. The molecule has 0 bridgehead atoms. The summed E-state index contributed by atoms with van der Waals surface area (Å²) in [5.41, 5.74) is 1.09. The molecule has 2 heterocycles. The summed E-state index contributed by atoms with van der Waals surface area (Å²) in [5.74, 6) is 4.45. The van der Waals surface area contributed by atoms with Crippen molar-refractivity contribution in [3.8, 4) is 0 Å². The molecule has 0 spiro atoms. The van der Waals surface area contributed by atoms with Crippen LogP contribution in [0.5, 0.6) is 0 Å². The summed E-state index contributed by atoms with van der Waals surface area (Å²) in [6.07, 6.45) is 1.11. The Morgan fingerprint density at radius 1 is 1.32 bits per heavy atom. The van der Waals surface area contributed by atoms with Crippen LogP contribution >= 0.6 is 46.1 Å². The molecule has 6 heteroatoms. The molecule has 1 aliphatic heterocycles. The van der Waals surface area contributed by atoms with Crippen molar-refractivity contribution in [1.29, 1.82) is 0 Å². The molecule has 2 unspecified atom stereocenters. The lowest BCUT2D eigenvalue weighted by Gasteiger charge is -2.27. The number of hydrogen-bond donors (Lipinski definition) is 1. The van der Waals surface area contributed by atoms with Crippen LogP contribution < -0.4 is 5.32 Å². The van der Waals surface area contributed by atoms with E-state index in [-0.39, 0.29) is 0 Å². The Kier molecular flexibility index (Phi) is 6.08. The first-order valence-electron chi connectivity index (χ1n) is 6.64. The average Bonchev–Trinajstić information content (AvgIpc) is 2.41. The maximum absolute atomic E-state index is 4.78. The first kappa shape index (κ1) is 15.7. The summed E-state index contributed by atoms with van der Waals surface area (Å²) in [6, 6.07) is 0. The molecule has 0 aromatic carbocycles. The molecular formula is C13H20IN3S2. The molecule has 3 nitrogen and oxygen atoms in total. The van der Waals surface area contributed by atoms with Crippen LogP contribution in [0.15, 0.2) is 0 Å². The number of hydrogen-bond acceptors (Lipinski definition) is 5. The Balaban J connectivity index is 2.27. The molecule has 0 radical (unpaired) electrons. The topological polar surface area (TPSA) is 37.8 Å². The van der Waals surface area contributed by atoms with Gasteiger partial charge in [0.15, 0.2) is 0 Å². The highest BCUT2D eigenvalue weighted by Gasteiger charge is 2.27. The van der Waals surface area contributed by atoms with Crippen molar-refractivity contribution >= 4 is 51.9 Å². The van der Waals surface area contributed by atoms with E-state index in [2.05, 4.69) is 48.7 Å². The van der Waals surface area contributed by atoms with Crippen LogP contribution in [-0.2, 0) is 0 Å².